The Hall–Kier alpha value is -3.13. The van der Waals surface area contributed by atoms with Crippen molar-refractivity contribution in [3.63, 3.8) is 0 Å². The van der Waals surface area contributed by atoms with E-state index < -0.39 is 0 Å². The van der Waals surface area contributed by atoms with Crippen molar-refractivity contribution < 1.29 is 0 Å². The second-order valence-electron chi connectivity index (χ2n) is 6.59. The van der Waals surface area contributed by atoms with Crippen molar-refractivity contribution in [1.82, 2.24) is 9.38 Å². The normalized spacial score (nSPS) is 12.4. The van der Waals surface area contributed by atoms with Gasteiger partial charge in [0.25, 0.3) is 0 Å². The molecule has 3 aromatic heterocycles. The van der Waals surface area contributed by atoms with E-state index in [-0.39, 0.29) is 0 Å². The molecule has 0 saturated heterocycles. The average Bonchev–Trinajstić information content (AvgIpc) is 2.97. The van der Waals surface area contributed by atoms with Crippen molar-refractivity contribution in [2.45, 2.75) is 6.92 Å². The summed E-state index contributed by atoms with van der Waals surface area (Å²) in [5, 5.41) is 9.02. The number of aryl methyl sites for hydroxylation is 1. The number of nitrogens with zero attached hydrogens (tertiary/aromatic N) is 2. The Labute approximate surface area is 138 Å². The molecule has 0 spiro atoms. The van der Waals surface area contributed by atoms with E-state index in [0.29, 0.717) is 0 Å². The SMILES string of the molecule is Cc1cn2c3nccc4c5ccccc5cc(c5cccc1c52)c43. The molecule has 0 amide bonds. The summed E-state index contributed by atoms with van der Waals surface area (Å²) in [6.07, 6.45) is 4.15. The Morgan fingerprint density at radius 3 is 2.58 bits per heavy atom. The molecule has 2 heteroatoms. The van der Waals surface area contributed by atoms with Crippen molar-refractivity contribution in [2.24, 2.45) is 0 Å². The van der Waals surface area contributed by atoms with Crippen LogP contribution in [0.25, 0.3) is 48.9 Å². The van der Waals surface area contributed by atoms with E-state index in [0.717, 1.165) is 5.65 Å². The number of fused-ring (bicyclic) bond motifs is 4. The van der Waals surface area contributed by atoms with Gasteiger partial charge in [0.15, 0.2) is 0 Å². The first kappa shape index (κ1) is 12.3. The molecule has 6 rings (SSSR count). The van der Waals surface area contributed by atoms with E-state index in [1.54, 1.807) is 0 Å². The van der Waals surface area contributed by atoms with Gasteiger partial charge in [0.2, 0.25) is 0 Å². The fourth-order valence-electron chi connectivity index (χ4n) is 4.27. The number of para-hydroxylation sites is 1. The van der Waals surface area contributed by atoms with Crippen LogP contribution in [0.1, 0.15) is 5.56 Å². The molecule has 0 atom stereocenters. The number of rotatable bonds is 0. The Bertz CT molecular complexity index is 1410. The quantitative estimate of drug-likeness (QED) is 0.260. The van der Waals surface area contributed by atoms with Crippen LogP contribution < -0.4 is 0 Å². The maximum atomic E-state index is 4.74. The molecule has 0 saturated carbocycles. The summed E-state index contributed by atoms with van der Waals surface area (Å²) in [4.78, 5) is 4.74. The third-order valence-corrected chi connectivity index (χ3v) is 5.29. The molecule has 0 N–H and O–H groups in total. The van der Waals surface area contributed by atoms with Crippen molar-refractivity contribution in [1.29, 1.82) is 0 Å². The summed E-state index contributed by atoms with van der Waals surface area (Å²) in [6, 6.07) is 19.7. The van der Waals surface area contributed by atoms with Crippen LogP contribution in [-0.4, -0.2) is 9.38 Å². The minimum atomic E-state index is 1.05. The molecule has 3 heterocycles. The van der Waals surface area contributed by atoms with E-state index in [2.05, 4.69) is 72.1 Å². The van der Waals surface area contributed by atoms with Gasteiger partial charge in [-0.1, -0.05) is 42.5 Å². The van der Waals surface area contributed by atoms with Crippen LogP contribution in [0.2, 0.25) is 0 Å². The average molecular weight is 306 g/mol. The second kappa shape index (κ2) is 4.04. The van der Waals surface area contributed by atoms with Gasteiger partial charge in [0, 0.05) is 28.6 Å². The Balaban J connectivity index is 2.10. The highest BCUT2D eigenvalue weighted by Gasteiger charge is 2.16. The molecule has 0 aliphatic carbocycles. The highest BCUT2D eigenvalue weighted by Crippen LogP contribution is 2.39. The minimum Gasteiger partial charge on any atom is -0.300 e. The lowest BCUT2D eigenvalue weighted by Gasteiger charge is -2.13. The van der Waals surface area contributed by atoms with Crippen LogP contribution in [-0.2, 0) is 0 Å². The lowest BCUT2D eigenvalue weighted by molar-refractivity contribution is 1.20. The Morgan fingerprint density at radius 2 is 1.62 bits per heavy atom. The van der Waals surface area contributed by atoms with Crippen molar-refractivity contribution in [3.8, 4) is 0 Å². The van der Waals surface area contributed by atoms with E-state index in [9.17, 15) is 0 Å². The van der Waals surface area contributed by atoms with Crippen LogP contribution in [0.4, 0.5) is 0 Å². The molecule has 0 aliphatic rings. The maximum absolute atomic E-state index is 4.74. The van der Waals surface area contributed by atoms with Gasteiger partial charge < -0.3 is 0 Å². The van der Waals surface area contributed by atoms with Gasteiger partial charge in [-0.3, -0.25) is 4.40 Å². The number of hydrogen-bond acceptors (Lipinski definition) is 1. The monoisotopic (exact) mass is 306 g/mol. The number of hydrogen-bond donors (Lipinski definition) is 0. The third-order valence-electron chi connectivity index (χ3n) is 5.29. The first-order chi connectivity index (χ1) is 11.8. The predicted molar refractivity (Wildman–Crippen MR) is 101 cm³/mol. The van der Waals surface area contributed by atoms with Gasteiger partial charge in [-0.05, 0) is 46.2 Å². The van der Waals surface area contributed by atoms with Gasteiger partial charge in [-0.2, -0.15) is 0 Å². The summed E-state index contributed by atoms with van der Waals surface area (Å²) in [6.45, 7) is 2.18. The summed E-state index contributed by atoms with van der Waals surface area (Å²) in [5.74, 6) is 0. The fourth-order valence-corrected chi connectivity index (χ4v) is 4.27. The third kappa shape index (κ3) is 1.31. The second-order valence-corrected chi connectivity index (χ2v) is 6.59. The smallest absolute Gasteiger partial charge is 0.145 e. The zero-order chi connectivity index (χ0) is 15.8. The molecular weight excluding hydrogens is 292 g/mol. The van der Waals surface area contributed by atoms with E-state index in [1.165, 1.54) is 48.8 Å². The van der Waals surface area contributed by atoms with Crippen LogP contribution in [0, 0.1) is 6.92 Å². The molecule has 24 heavy (non-hydrogen) atoms. The van der Waals surface area contributed by atoms with Crippen molar-refractivity contribution in [3.05, 3.63) is 72.6 Å². The molecule has 0 unspecified atom stereocenters. The van der Waals surface area contributed by atoms with Gasteiger partial charge >= 0.3 is 0 Å². The first-order valence-electron chi connectivity index (χ1n) is 8.25. The number of pyridine rings is 2. The zero-order valence-corrected chi connectivity index (χ0v) is 13.2. The molecule has 0 aliphatic heterocycles. The highest BCUT2D eigenvalue weighted by atomic mass is 15.0. The molecule has 6 aromatic rings. The molecule has 3 aromatic carbocycles. The first-order valence-corrected chi connectivity index (χ1v) is 8.25. The van der Waals surface area contributed by atoms with E-state index in [4.69, 9.17) is 4.98 Å². The molecule has 112 valence electrons. The van der Waals surface area contributed by atoms with Crippen molar-refractivity contribution >= 4 is 48.9 Å². The maximum Gasteiger partial charge on any atom is 0.145 e. The summed E-state index contributed by atoms with van der Waals surface area (Å²) in [5.41, 5.74) is 3.62. The topological polar surface area (TPSA) is 17.3 Å². The fraction of sp³-hybridized carbons (Fsp3) is 0.0455. The van der Waals surface area contributed by atoms with E-state index >= 15 is 0 Å². The van der Waals surface area contributed by atoms with Gasteiger partial charge in [0.1, 0.15) is 5.65 Å². The van der Waals surface area contributed by atoms with Gasteiger partial charge in [0.05, 0.1) is 5.52 Å². The largest absolute Gasteiger partial charge is 0.300 e. The van der Waals surface area contributed by atoms with E-state index in [1.807, 2.05) is 6.20 Å². The summed E-state index contributed by atoms with van der Waals surface area (Å²) < 4.78 is 2.27. The molecule has 0 fully saturated rings. The lowest BCUT2D eigenvalue weighted by Crippen LogP contribution is -1.94. The number of aromatic nitrogens is 2. The molecular formula is C22H14N2. The molecule has 2 nitrogen and oxygen atoms in total. The van der Waals surface area contributed by atoms with Crippen LogP contribution >= 0.6 is 0 Å². The standard InChI is InChI=1S/C22H14N2/c1-13-12-24-21-15(13)7-4-8-18(21)19-11-14-5-2-3-6-16(14)17-9-10-23-22(24)20(17)19/h2-12H,1H3. The highest BCUT2D eigenvalue weighted by molar-refractivity contribution is 6.27. The number of benzene rings is 3. The van der Waals surface area contributed by atoms with Crippen molar-refractivity contribution in [2.75, 3.05) is 0 Å². The van der Waals surface area contributed by atoms with Crippen LogP contribution in [0.5, 0.6) is 0 Å². The Kier molecular flexibility index (Phi) is 2.07. The van der Waals surface area contributed by atoms with Crippen LogP contribution in [0.3, 0.4) is 0 Å². The van der Waals surface area contributed by atoms with Gasteiger partial charge in [-0.15, -0.1) is 0 Å². The van der Waals surface area contributed by atoms with Crippen LogP contribution in [0.15, 0.2) is 67.0 Å². The summed E-state index contributed by atoms with van der Waals surface area (Å²) >= 11 is 0. The lowest BCUT2D eigenvalue weighted by atomic mass is 9.96. The zero-order valence-electron chi connectivity index (χ0n) is 13.2. The predicted octanol–water partition coefficient (Wildman–Crippen LogP) is 5.69. The minimum absolute atomic E-state index is 1.05. The molecule has 0 bridgehead atoms. The summed E-state index contributed by atoms with van der Waals surface area (Å²) in [7, 11) is 0. The molecule has 0 radical (unpaired) electrons. The van der Waals surface area contributed by atoms with Gasteiger partial charge in [-0.25, -0.2) is 4.98 Å². The Morgan fingerprint density at radius 1 is 0.792 bits per heavy atom.